The van der Waals surface area contributed by atoms with Crippen LogP contribution in [0.3, 0.4) is 0 Å². The molecule has 1 saturated carbocycles. The number of benzene rings is 1. The highest BCUT2D eigenvalue weighted by Crippen LogP contribution is 2.34. The summed E-state index contributed by atoms with van der Waals surface area (Å²) in [7, 11) is 0. The molecule has 1 amide bonds. The molecule has 25 heavy (non-hydrogen) atoms. The van der Waals surface area contributed by atoms with Crippen LogP contribution >= 0.6 is 11.6 Å². The molecule has 0 radical (unpaired) electrons. The van der Waals surface area contributed by atoms with Crippen LogP contribution in [0.1, 0.15) is 30.4 Å². The summed E-state index contributed by atoms with van der Waals surface area (Å²) in [5, 5.41) is 15.6. The molecule has 0 spiro atoms. The van der Waals surface area contributed by atoms with Gasteiger partial charge in [-0.25, -0.2) is 4.68 Å². The van der Waals surface area contributed by atoms with Gasteiger partial charge in [0.15, 0.2) is 5.82 Å². The lowest BCUT2D eigenvalue weighted by Gasteiger charge is -2.24. The zero-order chi connectivity index (χ0) is 18.2. The van der Waals surface area contributed by atoms with E-state index >= 15 is 0 Å². The van der Waals surface area contributed by atoms with Gasteiger partial charge in [0.1, 0.15) is 11.6 Å². The Hall–Kier alpha value is -2.53. The Morgan fingerprint density at radius 3 is 2.64 bits per heavy atom. The number of carbonyl (C=O) groups is 1. The topological polar surface area (TPSA) is 70.7 Å². The molecular formula is C16H12ClF3N4O. The second-order valence-electron chi connectivity index (χ2n) is 5.71. The molecule has 1 heterocycles. The van der Waals surface area contributed by atoms with Gasteiger partial charge in [0.25, 0.3) is 0 Å². The van der Waals surface area contributed by atoms with Crippen molar-refractivity contribution in [1.82, 2.24) is 9.78 Å². The van der Waals surface area contributed by atoms with Crippen LogP contribution in [-0.4, -0.2) is 15.7 Å². The minimum atomic E-state index is -4.52. The number of nitrogens with one attached hydrogen (secondary N) is 1. The number of aromatic nitrogens is 2. The van der Waals surface area contributed by atoms with Gasteiger partial charge in [-0.15, -0.1) is 0 Å². The van der Waals surface area contributed by atoms with Gasteiger partial charge in [-0.2, -0.15) is 23.5 Å². The van der Waals surface area contributed by atoms with E-state index in [9.17, 15) is 23.2 Å². The lowest BCUT2D eigenvalue weighted by Crippen LogP contribution is -2.29. The first-order valence-electron chi connectivity index (χ1n) is 7.47. The van der Waals surface area contributed by atoms with Gasteiger partial charge in [-0.1, -0.05) is 18.0 Å². The minimum absolute atomic E-state index is 0.0982. The fourth-order valence-corrected chi connectivity index (χ4v) is 2.74. The fraction of sp³-hybridized carbons (Fsp3) is 0.312. The van der Waals surface area contributed by atoms with Gasteiger partial charge in [-0.05, 0) is 31.0 Å². The number of anilines is 1. The highest BCUT2D eigenvalue weighted by Gasteiger charge is 2.32. The van der Waals surface area contributed by atoms with Crippen molar-refractivity contribution in [1.29, 1.82) is 5.26 Å². The number of amides is 1. The van der Waals surface area contributed by atoms with Gasteiger partial charge < -0.3 is 5.32 Å². The molecule has 1 aromatic heterocycles. The number of rotatable bonds is 3. The highest BCUT2D eigenvalue weighted by molar-refractivity contribution is 6.32. The quantitative estimate of drug-likeness (QED) is 0.884. The van der Waals surface area contributed by atoms with Crippen LogP contribution in [-0.2, 0) is 11.0 Å². The van der Waals surface area contributed by atoms with E-state index in [1.54, 1.807) is 0 Å². The molecule has 130 valence electrons. The summed E-state index contributed by atoms with van der Waals surface area (Å²) in [5.41, 5.74) is -0.655. The van der Waals surface area contributed by atoms with E-state index in [1.165, 1.54) is 6.20 Å². The number of hydrogen-bond acceptors (Lipinski definition) is 3. The van der Waals surface area contributed by atoms with Crippen LogP contribution in [0.5, 0.6) is 0 Å². The zero-order valence-corrected chi connectivity index (χ0v) is 13.5. The third kappa shape index (κ3) is 3.33. The molecule has 1 fully saturated rings. The van der Waals surface area contributed by atoms with Crippen LogP contribution in [0.2, 0.25) is 5.02 Å². The first kappa shape index (κ1) is 17.3. The van der Waals surface area contributed by atoms with Crippen LogP contribution in [0.4, 0.5) is 19.0 Å². The van der Waals surface area contributed by atoms with Gasteiger partial charge in [0, 0.05) is 5.92 Å². The number of nitriles is 1. The monoisotopic (exact) mass is 368 g/mol. The maximum absolute atomic E-state index is 12.8. The maximum atomic E-state index is 12.8. The van der Waals surface area contributed by atoms with Crippen LogP contribution in [0.15, 0.2) is 24.4 Å². The van der Waals surface area contributed by atoms with Crippen LogP contribution in [0.25, 0.3) is 5.69 Å². The van der Waals surface area contributed by atoms with Crippen molar-refractivity contribution in [2.75, 3.05) is 5.32 Å². The van der Waals surface area contributed by atoms with Gasteiger partial charge >= 0.3 is 6.18 Å². The number of carbonyl (C=O) groups excluding carboxylic acids is 1. The van der Waals surface area contributed by atoms with Crippen LogP contribution in [0, 0.1) is 17.2 Å². The maximum Gasteiger partial charge on any atom is 0.416 e. The molecule has 9 heteroatoms. The molecule has 1 N–H and O–H groups in total. The molecule has 0 bridgehead atoms. The smallest absolute Gasteiger partial charge is 0.309 e. The third-order valence-corrected chi connectivity index (χ3v) is 4.41. The molecule has 2 aromatic rings. The Morgan fingerprint density at radius 1 is 1.40 bits per heavy atom. The summed E-state index contributed by atoms with van der Waals surface area (Å²) in [6.07, 6.45) is -0.797. The number of alkyl halides is 3. The van der Waals surface area contributed by atoms with Gasteiger partial charge in [0.2, 0.25) is 5.91 Å². The average Bonchev–Trinajstić information content (AvgIpc) is 2.86. The Labute approximate surface area is 146 Å². The second kappa shape index (κ2) is 6.41. The summed E-state index contributed by atoms with van der Waals surface area (Å²) >= 11 is 5.98. The van der Waals surface area contributed by atoms with E-state index in [0.717, 1.165) is 42.1 Å². The molecule has 1 aliphatic rings. The summed E-state index contributed by atoms with van der Waals surface area (Å²) in [5.74, 6) is -0.272. The molecule has 1 aromatic carbocycles. The SMILES string of the molecule is N#Cc1cnn(-c2ccc(C(F)(F)F)cc2Cl)c1NC(=O)C1CCC1. The lowest BCUT2D eigenvalue weighted by atomic mass is 9.85. The molecule has 0 saturated heterocycles. The molecule has 0 unspecified atom stereocenters. The predicted octanol–water partition coefficient (Wildman–Crippen LogP) is 4.15. The van der Waals surface area contributed by atoms with Crippen molar-refractivity contribution in [3.8, 4) is 11.8 Å². The van der Waals surface area contributed by atoms with E-state index in [1.807, 2.05) is 6.07 Å². The number of halogens is 4. The van der Waals surface area contributed by atoms with Crippen LogP contribution < -0.4 is 5.32 Å². The molecule has 0 atom stereocenters. The van der Waals surface area contributed by atoms with Crippen molar-refractivity contribution >= 4 is 23.3 Å². The lowest BCUT2D eigenvalue weighted by molar-refractivity contribution is -0.137. The first-order chi connectivity index (χ1) is 11.8. The van der Waals surface area contributed by atoms with E-state index in [0.29, 0.717) is 0 Å². The average molecular weight is 369 g/mol. The minimum Gasteiger partial charge on any atom is -0.309 e. The molecular weight excluding hydrogens is 357 g/mol. The van der Waals surface area contributed by atoms with Crippen molar-refractivity contribution in [3.63, 3.8) is 0 Å². The first-order valence-corrected chi connectivity index (χ1v) is 7.85. The van der Waals surface area contributed by atoms with Crippen molar-refractivity contribution in [2.45, 2.75) is 25.4 Å². The van der Waals surface area contributed by atoms with Crippen molar-refractivity contribution in [3.05, 3.63) is 40.5 Å². The Kier molecular flexibility index (Phi) is 4.43. The largest absolute Gasteiger partial charge is 0.416 e. The van der Waals surface area contributed by atoms with Gasteiger partial charge in [-0.3, -0.25) is 4.79 Å². The summed E-state index contributed by atoms with van der Waals surface area (Å²) in [6, 6.07) is 4.70. The molecule has 5 nitrogen and oxygen atoms in total. The fourth-order valence-electron chi connectivity index (χ4n) is 2.48. The summed E-state index contributed by atoms with van der Waals surface area (Å²) in [6.45, 7) is 0. The van der Waals surface area contributed by atoms with E-state index < -0.39 is 11.7 Å². The van der Waals surface area contributed by atoms with E-state index in [2.05, 4.69) is 10.4 Å². The number of hydrogen-bond donors (Lipinski definition) is 1. The summed E-state index contributed by atoms with van der Waals surface area (Å²) in [4.78, 5) is 12.2. The Balaban J connectivity index is 1.99. The molecule has 0 aliphatic heterocycles. The number of nitrogens with zero attached hydrogens (tertiary/aromatic N) is 3. The van der Waals surface area contributed by atoms with Gasteiger partial charge in [0.05, 0.1) is 22.5 Å². The third-order valence-electron chi connectivity index (χ3n) is 4.11. The standard InChI is InChI=1S/C16H12ClF3N4O/c17-12-6-11(16(18,19)20)4-5-13(12)24-14(10(7-21)8-22-24)23-15(25)9-2-1-3-9/h4-6,8-9H,1-3H2,(H,23,25). The van der Waals surface area contributed by atoms with E-state index in [-0.39, 0.29) is 33.9 Å². The molecule has 3 rings (SSSR count). The Bertz CT molecular complexity index is 865. The predicted molar refractivity (Wildman–Crippen MR) is 84.3 cm³/mol. The normalized spacial score (nSPS) is 14.7. The van der Waals surface area contributed by atoms with Crippen molar-refractivity contribution < 1.29 is 18.0 Å². The van der Waals surface area contributed by atoms with E-state index in [4.69, 9.17) is 11.6 Å². The Morgan fingerprint density at radius 2 is 2.12 bits per heavy atom. The molecule has 1 aliphatic carbocycles. The van der Waals surface area contributed by atoms with Crippen molar-refractivity contribution in [2.24, 2.45) is 5.92 Å². The summed E-state index contributed by atoms with van der Waals surface area (Å²) < 4.78 is 39.5. The second-order valence-corrected chi connectivity index (χ2v) is 6.12. The highest BCUT2D eigenvalue weighted by atomic mass is 35.5. The zero-order valence-electron chi connectivity index (χ0n) is 12.8.